The molecular weight excluding hydrogens is 242 g/mol. The molecule has 1 aliphatic carbocycles. The molecular formula is C15H21NO3. The minimum atomic E-state index is -0.950. The number of carbonyl (C=O) groups is 1. The molecule has 0 aliphatic heterocycles. The summed E-state index contributed by atoms with van der Waals surface area (Å²) in [6, 6.07) is 5.34. The zero-order valence-corrected chi connectivity index (χ0v) is 11.6. The molecule has 0 atom stereocenters. The number of benzene rings is 1. The van der Waals surface area contributed by atoms with Gasteiger partial charge >= 0.3 is 5.97 Å². The van der Waals surface area contributed by atoms with E-state index < -0.39 is 5.97 Å². The van der Waals surface area contributed by atoms with Crippen LogP contribution in [0.2, 0.25) is 0 Å². The Labute approximate surface area is 114 Å². The van der Waals surface area contributed by atoms with Crippen LogP contribution in [0, 0.1) is 5.92 Å². The van der Waals surface area contributed by atoms with Gasteiger partial charge in [0.15, 0.2) is 0 Å². The second-order valence-electron chi connectivity index (χ2n) is 5.11. The second kappa shape index (κ2) is 6.06. The van der Waals surface area contributed by atoms with Gasteiger partial charge in [-0.1, -0.05) is 13.0 Å². The number of carboxylic acids is 1. The summed E-state index contributed by atoms with van der Waals surface area (Å²) in [4.78, 5) is 13.4. The van der Waals surface area contributed by atoms with E-state index in [0.717, 1.165) is 31.1 Å². The molecule has 2 rings (SSSR count). The largest absolute Gasteiger partial charge is 0.496 e. The Kier molecular flexibility index (Phi) is 4.43. The summed E-state index contributed by atoms with van der Waals surface area (Å²) in [5, 5.41) is 9.05. The van der Waals surface area contributed by atoms with Gasteiger partial charge in [0.25, 0.3) is 0 Å². The molecule has 4 heteroatoms. The van der Waals surface area contributed by atoms with E-state index in [9.17, 15) is 4.79 Å². The molecule has 104 valence electrons. The first-order valence-corrected chi connectivity index (χ1v) is 6.76. The highest BCUT2D eigenvalue weighted by molar-refractivity contribution is 5.90. The van der Waals surface area contributed by atoms with Crippen molar-refractivity contribution in [1.82, 2.24) is 4.90 Å². The third-order valence-electron chi connectivity index (χ3n) is 3.56. The number of hydrogen-bond acceptors (Lipinski definition) is 3. The Morgan fingerprint density at radius 1 is 1.47 bits per heavy atom. The van der Waals surface area contributed by atoms with Gasteiger partial charge in [-0.15, -0.1) is 0 Å². The van der Waals surface area contributed by atoms with E-state index in [1.807, 2.05) is 12.1 Å². The molecule has 1 aliphatic rings. The van der Waals surface area contributed by atoms with Crippen molar-refractivity contribution < 1.29 is 14.6 Å². The van der Waals surface area contributed by atoms with E-state index in [-0.39, 0.29) is 5.56 Å². The van der Waals surface area contributed by atoms with E-state index in [2.05, 4.69) is 11.8 Å². The van der Waals surface area contributed by atoms with Crippen LogP contribution in [-0.4, -0.2) is 36.2 Å². The van der Waals surface area contributed by atoms with Gasteiger partial charge in [0.1, 0.15) is 11.3 Å². The average Bonchev–Trinajstić information content (AvgIpc) is 3.21. The topological polar surface area (TPSA) is 49.8 Å². The highest BCUT2D eigenvalue weighted by Gasteiger charge is 2.23. The molecule has 0 radical (unpaired) electrons. The predicted octanol–water partition coefficient (Wildman–Crippen LogP) is 2.63. The maximum absolute atomic E-state index is 11.0. The first-order valence-electron chi connectivity index (χ1n) is 6.76. The van der Waals surface area contributed by atoms with Crippen LogP contribution in [0.5, 0.6) is 5.75 Å². The lowest BCUT2D eigenvalue weighted by atomic mass is 10.1. The number of hydrogen-bond donors (Lipinski definition) is 1. The van der Waals surface area contributed by atoms with Gasteiger partial charge in [-0.3, -0.25) is 4.90 Å². The first-order chi connectivity index (χ1) is 9.13. The van der Waals surface area contributed by atoms with E-state index in [1.54, 1.807) is 6.07 Å². The summed E-state index contributed by atoms with van der Waals surface area (Å²) in [7, 11) is 1.51. The van der Waals surface area contributed by atoms with Gasteiger partial charge in [-0.25, -0.2) is 4.79 Å². The number of rotatable bonds is 7. The number of ether oxygens (including phenoxy) is 1. The van der Waals surface area contributed by atoms with Gasteiger partial charge in [-0.2, -0.15) is 0 Å². The Hall–Kier alpha value is -1.55. The lowest BCUT2D eigenvalue weighted by Crippen LogP contribution is -2.25. The third-order valence-corrected chi connectivity index (χ3v) is 3.56. The van der Waals surface area contributed by atoms with Crippen molar-refractivity contribution in [3.05, 3.63) is 29.3 Å². The zero-order valence-electron chi connectivity index (χ0n) is 11.6. The summed E-state index contributed by atoms with van der Waals surface area (Å²) in [6.07, 6.45) is 2.69. The molecule has 0 unspecified atom stereocenters. The molecule has 0 amide bonds. The summed E-state index contributed by atoms with van der Waals surface area (Å²) < 4.78 is 5.16. The maximum atomic E-state index is 11.0. The van der Waals surface area contributed by atoms with Crippen molar-refractivity contribution in [2.45, 2.75) is 26.3 Å². The fourth-order valence-corrected chi connectivity index (χ4v) is 2.24. The van der Waals surface area contributed by atoms with Crippen molar-refractivity contribution >= 4 is 5.97 Å². The van der Waals surface area contributed by atoms with Crippen molar-refractivity contribution in [3.8, 4) is 5.75 Å². The van der Waals surface area contributed by atoms with Crippen LogP contribution in [0.4, 0.5) is 0 Å². The second-order valence-corrected chi connectivity index (χ2v) is 5.11. The minimum absolute atomic E-state index is 0.219. The van der Waals surface area contributed by atoms with Crippen LogP contribution < -0.4 is 4.74 Å². The zero-order chi connectivity index (χ0) is 13.8. The quantitative estimate of drug-likeness (QED) is 0.821. The van der Waals surface area contributed by atoms with Crippen LogP contribution in [0.15, 0.2) is 18.2 Å². The van der Waals surface area contributed by atoms with Crippen LogP contribution in [0.3, 0.4) is 0 Å². The first kappa shape index (κ1) is 13.9. The standard InChI is InChI=1S/C15H21NO3/c1-3-16(9-11-4-5-11)10-12-6-7-13(15(17)18)14(8-12)19-2/h6-8,11H,3-5,9-10H2,1-2H3,(H,17,18). The molecule has 0 saturated heterocycles. The van der Waals surface area contributed by atoms with E-state index in [0.29, 0.717) is 5.75 Å². The van der Waals surface area contributed by atoms with Gasteiger partial charge in [0.05, 0.1) is 7.11 Å². The van der Waals surface area contributed by atoms with Crippen molar-refractivity contribution in [2.24, 2.45) is 5.92 Å². The number of nitrogens with zero attached hydrogens (tertiary/aromatic N) is 1. The summed E-state index contributed by atoms with van der Waals surface area (Å²) >= 11 is 0. The molecule has 0 aromatic heterocycles. The summed E-state index contributed by atoms with van der Waals surface area (Å²) in [6.45, 7) is 5.16. The molecule has 1 N–H and O–H groups in total. The van der Waals surface area contributed by atoms with Gasteiger partial charge in [0.2, 0.25) is 0 Å². The Morgan fingerprint density at radius 3 is 2.74 bits per heavy atom. The highest BCUT2D eigenvalue weighted by atomic mass is 16.5. The molecule has 1 aromatic carbocycles. The molecule has 1 saturated carbocycles. The number of methoxy groups -OCH3 is 1. The predicted molar refractivity (Wildman–Crippen MR) is 73.6 cm³/mol. The monoisotopic (exact) mass is 263 g/mol. The van der Waals surface area contributed by atoms with Crippen molar-refractivity contribution in [2.75, 3.05) is 20.2 Å². The molecule has 19 heavy (non-hydrogen) atoms. The fourth-order valence-electron chi connectivity index (χ4n) is 2.24. The van der Waals surface area contributed by atoms with Crippen LogP contribution in [0.25, 0.3) is 0 Å². The van der Waals surface area contributed by atoms with E-state index >= 15 is 0 Å². The minimum Gasteiger partial charge on any atom is -0.496 e. The number of carboxylic acid groups (broad SMARTS) is 1. The number of aromatic carboxylic acids is 1. The smallest absolute Gasteiger partial charge is 0.339 e. The Morgan fingerprint density at radius 2 is 2.21 bits per heavy atom. The highest BCUT2D eigenvalue weighted by Crippen LogP contribution is 2.30. The summed E-state index contributed by atoms with van der Waals surface area (Å²) in [5.74, 6) is 0.348. The third kappa shape index (κ3) is 3.70. The van der Waals surface area contributed by atoms with Crippen LogP contribution >= 0.6 is 0 Å². The van der Waals surface area contributed by atoms with Gasteiger partial charge < -0.3 is 9.84 Å². The molecule has 4 nitrogen and oxygen atoms in total. The average molecular weight is 263 g/mol. The van der Waals surface area contributed by atoms with Gasteiger partial charge in [-0.05, 0) is 43.0 Å². The van der Waals surface area contributed by atoms with Crippen LogP contribution in [0.1, 0.15) is 35.7 Å². The molecule has 1 aromatic rings. The van der Waals surface area contributed by atoms with Crippen molar-refractivity contribution in [1.29, 1.82) is 0 Å². The fraction of sp³-hybridized carbons (Fsp3) is 0.533. The SMILES string of the molecule is CCN(Cc1ccc(C(=O)O)c(OC)c1)CC1CC1. The van der Waals surface area contributed by atoms with Crippen LogP contribution in [-0.2, 0) is 6.54 Å². The summed E-state index contributed by atoms with van der Waals surface area (Å²) in [5.41, 5.74) is 1.32. The van der Waals surface area contributed by atoms with Gasteiger partial charge in [0, 0.05) is 13.1 Å². The molecule has 1 fully saturated rings. The maximum Gasteiger partial charge on any atom is 0.339 e. The van der Waals surface area contributed by atoms with Crippen molar-refractivity contribution in [3.63, 3.8) is 0 Å². The molecule has 0 heterocycles. The Bertz CT molecular complexity index is 455. The lowest BCUT2D eigenvalue weighted by Gasteiger charge is -2.20. The normalized spacial score (nSPS) is 14.7. The Balaban J connectivity index is 2.08. The molecule has 0 bridgehead atoms. The lowest BCUT2D eigenvalue weighted by molar-refractivity contribution is 0.0693. The van der Waals surface area contributed by atoms with E-state index in [1.165, 1.54) is 20.0 Å². The molecule has 0 spiro atoms. The van der Waals surface area contributed by atoms with E-state index in [4.69, 9.17) is 9.84 Å².